The Labute approximate surface area is 173 Å². The molecule has 160 valence electrons. The maximum atomic E-state index is 13.6. The molecular weight excluding hydrogens is 368 g/mol. The van der Waals surface area contributed by atoms with Crippen molar-refractivity contribution in [2.24, 2.45) is 11.3 Å². The summed E-state index contributed by atoms with van der Waals surface area (Å²) in [6.07, 6.45) is 5.01. The lowest BCUT2D eigenvalue weighted by atomic mass is 9.71. The van der Waals surface area contributed by atoms with Crippen LogP contribution in [0.5, 0.6) is 0 Å². The molecule has 0 spiro atoms. The molecule has 1 aliphatic rings. The summed E-state index contributed by atoms with van der Waals surface area (Å²) < 4.78 is 28.9. The molecule has 1 aromatic carbocycles. The van der Waals surface area contributed by atoms with E-state index in [1.165, 1.54) is 0 Å². The van der Waals surface area contributed by atoms with E-state index in [0.717, 1.165) is 49.8 Å². The van der Waals surface area contributed by atoms with Gasteiger partial charge in [-0.1, -0.05) is 26.8 Å². The fraction of sp³-hybridized carbons (Fsp3) is 0.739. The molecule has 1 fully saturated rings. The Bertz CT molecular complexity index is 742. The van der Waals surface area contributed by atoms with Crippen molar-refractivity contribution in [1.82, 2.24) is 9.21 Å². The second-order valence-corrected chi connectivity index (χ2v) is 11.8. The summed E-state index contributed by atoms with van der Waals surface area (Å²) in [6, 6.07) is 5.66. The van der Waals surface area contributed by atoms with Crippen LogP contribution in [0.15, 0.2) is 23.1 Å². The highest BCUT2D eigenvalue weighted by Crippen LogP contribution is 2.40. The van der Waals surface area contributed by atoms with Crippen LogP contribution in [-0.4, -0.2) is 50.8 Å². The number of nitrogens with zero attached hydrogens (tertiary/aromatic N) is 2. The van der Waals surface area contributed by atoms with E-state index >= 15 is 0 Å². The van der Waals surface area contributed by atoms with E-state index in [1.54, 1.807) is 6.07 Å². The smallest absolute Gasteiger partial charge is 0.243 e. The standard InChI is InChI=1S/C23H40N2O2S/c1-18-9-14-22(17-19(18)2)28(26,27)25(16-8-15-24(6)7)21-12-10-20(11-13-21)23(3,4)5/h9,14,17,20-21H,8,10-13,15-16H2,1-7H3. The number of sulfonamides is 1. The zero-order valence-electron chi connectivity index (χ0n) is 19.0. The molecule has 1 aromatic rings. The molecule has 0 aromatic heterocycles. The van der Waals surface area contributed by atoms with E-state index in [9.17, 15) is 8.42 Å². The lowest BCUT2D eigenvalue weighted by Crippen LogP contribution is -2.44. The molecule has 0 aliphatic heterocycles. The van der Waals surface area contributed by atoms with Gasteiger partial charge in [-0.15, -0.1) is 0 Å². The highest BCUT2D eigenvalue weighted by Gasteiger charge is 2.36. The van der Waals surface area contributed by atoms with Gasteiger partial charge < -0.3 is 4.90 Å². The predicted molar refractivity (Wildman–Crippen MR) is 118 cm³/mol. The summed E-state index contributed by atoms with van der Waals surface area (Å²) in [4.78, 5) is 2.57. The van der Waals surface area contributed by atoms with E-state index in [4.69, 9.17) is 0 Å². The first-order chi connectivity index (χ1) is 12.9. The molecule has 0 amide bonds. The molecule has 0 atom stereocenters. The molecule has 0 unspecified atom stereocenters. The van der Waals surface area contributed by atoms with Crippen LogP contribution < -0.4 is 0 Å². The summed E-state index contributed by atoms with van der Waals surface area (Å²) in [5.41, 5.74) is 2.46. The molecule has 0 heterocycles. The molecular formula is C23H40N2O2S. The first kappa shape index (κ1) is 23.4. The second kappa shape index (κ2) is 9.27. The lowest BCUT2D eigenvalue weighted by molar-refractivity contribution is 0.133. The molecule has 0 saturated heterocycles. The Balaban J connectivity index is 2.24. The minimum Gasteiger partial charge on any atom is -0.309 e. The number of rotatable bonds is 7. The Hall–Kier alpha value is -0.910. The number of aryl methyl sites for hydroxylation is 2. The Morgan fingerprint density at radius 1 is 0.964 bits per heavy atom. The molecule has 0 bridgehead atoms. The van der Waals surface area contributed by atoms with E-state index < -0.39 is 10.0 Å². The molecule has 0 N–H and O–H groups in total. The van der Waals surface area contributed by atoms with Crippen LogP contribution in [0.3, 0.4) is 0 Å². The quantitative estimate of drug-likeness (QED) is 0.647. The maximum Gasteiger partial charge on any atom is 0.243 e. The number of hydrogen-bond donors (Lipinski definition) is 0. The monoisotopic (exact) mass is 408 g/mol. The molecule has 1 saturated carbocycles. The minimum atomic E-state index is -3.48. The second-order valence-electron chi connectivity index (χ2n) is 9.89. The van der Waals surface area contributed by atoms with E-state index in [2.05, 4.69) is 25.7 Å². The first-order valence-electron chi connectivity index (χ1n) is 10.7. The molecule has 28 heavy (non-hydrogen) atoms. The van der Waals surface area contributed by atoms with Gasteiger partial charge >= 0.3 is 0 Å². The van der Waals surface area contributed by atoms with Crippen molar-refractivity contribution >= 4 is 10.0 Å². The van der Waals surface area contributed by atoms with Crippen LogP contribution >= 0.6 is 0 Å². The maximum absolute atomic E-state index is 13.6. The van der Waals surface area contributed by atoms with Gasteiger partial charge in [0.25, 0.3) is 0 Å². The SMILES string of the molecule is Cc1ccc(S(=O)(=O)N(CCCN(C)C)C2CCC(C(C)(C)C)CC2)cc1C. The first-order valence-corrected chi connectivity index (χ1v) is 12.1. The summed E-state index contributed by atoms with van der Waals surface area (Å²) in [5.74, 6) is 0.677. The fourth-order valence-electron chi connectivity index (χ4n) is 4.28. The normalized spacial score (nSPS) is 21.5. The third kappa shape index (κ3) is 5.80. The van der Waals surface area contributed by atoms with E-state index in [0.29, 0.717) is 22.8 Å². The van der Waals surface area contributed by atoms with Crippen LogP contribution in [0.25, 0.3) is 0 Å². The average molecular weight is 409 g/mol. The summed E-state index contributed by atoms with van der Waals surface area (Å²) in [5, 5.41) is 0. The van der Waals surface area contributed by atoms with E-state index in [1.807, 2.05) is 44.4 Å². The van der Waals surface area contributed by atoms with Crippen molar-refractivity contribution in [3.8, 4) is 0 Å². The van der Waals surface area contributed by atoms with Gasteiger partial charge in [0.15, 0.2) is 0 Å². The van der Waals surface area contributed by atoms with Gasteiger partial charge in [0.05, 0.1) is 4.90 Å². The van der Waals surface area contributed by atoms with Gasteiger partial charge in [0.1, 0.15) is 0 Å². The predicted octanol–water partition coefficient (Wildman–Crippen LogP) is 4.85. The molecule has 2 rings (SSSR count). The van der Waals surface area contributed by atoms with Crippen LogP contribution in [0.4, 0.5) is 0 Å². The van der Waals surface area contributed by atoms with Crippen LogP contribution in [0.1, 0.15) is 64.0 Å². The third-order valence-corrected chi connectivity index (χ3v) is 8.35. The highest BCUT2D eigenvalue weighted by molar-refractivity contribution is 7.89. The van der Waals surface area contributed by atoms with Gasteiger partial charge in [0, 0.05) is 12.6 Å². The van der Waals surface area contributed by atoms with Crippen molar-refractivity contribution in [2.75, 3.05) is 27.2 Å². The molecule has 5 heteroatoms. The van der Waals surface area contributed by atoms with Gasteiger partial charge in [-0.2, -0.15) is 4.31 Å². The van der Waals surface area contributed by atoms with Gasteiger partial charge in [-0.05, 0) is 101 Å². The van der Waals surface area contributed by atoms with Crippen molar-refractivity contribution in [2.45, 2.75) is 77.7 Å². The summed E-state index contributed by atoms with van der Waals surface area (Å²) in [6.45, 7) is 12.4. The fourth-order valence-corrected chi connectivity index (χ4v) is 6.09. The minimum absolute atomic E-state index is 0.118. The van der Waals surface area contributed by atoms with Crippen molar-refractivity contribution in [1.29, 1.82) is 0 Å². The zero-order chi connectivity index (χ0) is 21.1. The molecule has 1 aliphatic carbocycles. The number of benzene rings is 1. The Morgan fingerprint density at radius 2 is 1.57 bits per heavy atom. The summed E-state index contributed by atoms with van der Waals surface area (Å²) in [7, 11) is 0.601. The van der Waals surface area contributed by atoms with Gasteiger partial charge in [0.2, 0.25) is 10.0 Å². The summed E-state index contributed by atoms with van der Waals surface area (Å²) >= 11 is 0. The van der Waals surface area contributed by atoms with E-state index in [-0.39, 0.29) is 6.04 Å². The molecule has 0 radical (unpaired) electrons. The Kier molecular flexibility index (Phi) is 7.74. The topological polar surface area (TPSA) is 40.6 Å². The molecule has 4 nitrogen and oxygen atoms in total. The van der Waals surface area contributed by atoms with Crippen molar-refractivity contribution in [3.63, 3.8) is 0 Å². The zero-order valence-corrected chi connectivity index (χ0v) is 19.8. The third-order valence-electron chi connectivity index (χ3n) is 6.40. The van der Waals surface area contributed by atoms with Gasteiger partial charge in [-0.3, -0.25) is 0 Å². The van der Waals surface area contributed by atoms with Crippen molar-refractivity contribution in [3.05, 3.63) is 29.3 Å². The number of hydrogen-bond acceptors (Lipinski definition) is 3. The Morgan fingerprint density at radius 3 is 2.07 bits per heavy atom. The lowest BCUT2D eigenvalue weighted by Gasteiger charge is -2.40. The van der Waals surface area contributed by atoms with Crippen LogP contribution in [0, 0.1) is 25.2 Å². The van der Waals surface area contributed by atoms with Gasteiger partial charge in [-0.25, -0.2) is 8.42 Å². The van der Waals surface area contributed by atoms with Crippen molar-refractivity contribution < 1.29 is 8.42 Å². The van der Waals surface area contributed by atoms with Crippen LogP contribution in [-0.2, 0) is 10.0 Å². The highest BCUT2D eigenvalue weighted by atomic mass is 32.2. The largest absolute Gasteiger partial charge is 0.309 e. The van der Waals surface area contributed by atoms with Crippen LogP contribution in [0.2, 0.25) is 0 Å². The average Bonchev–Trinajstić information content (AvgIpc) is 2.60.